The minimum atomic E-state index is -0.877. The predicted octanol–water partition coefficient (Wildman–Crippen LogP) is 4.48. The Morgan fingerprint density at radius 2 is 1.68 bits per heavy atom. The van der Waals surface area contributed by atoms with Gasteiger partial charge in [-0.3, -0.25) is 0 Å². The molecule has 0 aliphatic rings. The zero-order valence-electron chi connectivity index (χ0n) is 11.5. The first kappa shape index (κ1) is 13.3. The number of hydrogen-bond donors (Lipinski definition) is 1. The topological polar surface area (TPSA) is 37.3 Å². The molecule has 0 fully saturated rings. The van der Waals surface area contributed by atoms with Crippen LogP contribution in [-0.4, -0.2) is 11.1 Å². The van der Waals surface area contributed by atoms with Gasteiger partial charge >= 0.3 is 5.97 Å². The molecule has 2 heteroatoms. The summed E-state index contributed by atoms with van der Waals surface area (Å²) in [5.41, 5.74) is 4.30. The summed E-state index contributed by atoms with van der Waals surface area (Å²) < 4.78 is 0. The molecule has 19 heavy (non-hydrogen) atoms. The molecule has 0 atom stereocenters. The van der Waals surface area contributed by atoms with Crippen LogP contribution in [0.2, 0.25) is 0 Å². The van der Waals surface area contributed by atoms with Crippen LogP contribution in [-0.2, 0) is 0 Å². The maximum atomic E-state index is 11.4. The van der Waals surface area contributed by atoms with Crippen molar-refractivity contribution in [3.63, 3.8) is 0 Å². The maximum Gasteiger partial charge on any atom is 0.336 e. The molecule has 0 spiro atoms. The average Bonchev–Trinajstić information content (AvgIpc) is 2.38. The molecule has 0 aliphatic carbocycles. The van der Waals surface area contributed by atoms with Crippen molar-refractivity contribution in [2.45, 2.75) is 26.7 Å². The summed E-state index contributed by atoms with van der Waals surface area (Å²) in [4.78, 5) is 11.4. The van der Waals surface area contributed by atoms with E-state index in [1.54, 1.807) is 6.07 Å². The zero-order chi connectivity index (χ0) is 14.0. The van der Waals surface area contributed by atoms with Crippen molar-refractivity contribution in [3.05, 3.63) is 59.2 Å². The molecule has 2 nitrogen and oxygen atoms in total. The normalized spacial score (nSPS) is 10.7. The lowest BCUT2D eigenvalue weighted by Gasteiger charge is -2.11. The Bertz CT molecular complexity index is 595. The van der Waals surface area contributed by atoms with Gasteiger partial charge in [-0.25, -0.2) is 4.79 Å². The lowest BCUT2D eigenvalue weighted by atomic mass is 9.93. The third-order valence-corrected chi connectivity index (χ3v) is 3.30. The van der Waals surface area contributed by atoms with E-state index in [1.165, 1.54) is 5.56 Å². The minimum absolute atomic E-state index is 0.324. The van der Waals surface area contributed by atoms with Crippen molar-refractivity contribution in [2.24, 2.45) is 0 Å². The molecular formula is C17H18O2. The van der Waals surface area contributed by atoms with Gasteiger partial charge in [0.2, 0.25) is 0 Å². The number of rotatable bonds is 3. The molecule has 2 aromatic carbocycles. The number of benzene rings is 2. The van der Waals surface area contributed by atoms with Gasteiger partial charge in [-0.1, -0.05) is 55.8 Å². The second-order valence-electron chi connectivity index (χ2n) is 5.13. The molecule has 1 N–H and O–H groups in total. The highest BCUT2D eigenvalue weighted by atomic mass is 16.4. The Morgan fingerprint density at radius 1 is 1.05 bits per heavy atom. The van der Waals surface area contributed by atoms with Crippen LogP contribution in [0.3, 0.4) is 0 Å². The molecule has 0 saturated carbocycles. The van der Waals surface area contributed by atoms with Crippen LogP contribution >= 0.6 is 0 Å². The van der Waals surface area contributed by atoms with E-state index in [9.17, 15) is 9.90 Å². The lowest BCUT2D eigenvalue weighted by molar-refractivity contribution is 0.0697. The molecule has 0 aromatic heterocycles. The quantitative estimate of drug-likeness (QED) is 0.876. The summed E-state index contributed by atoms with van der Waals surface area (Å²) in [5.74, 6) is -0.553. The highest BCUT2D eigenvalue weighted by Crippen LogP contribution is 2.27. The van der Waals surface area contributed by atoms with Crippen LogP contribution < -0.4 is 0 Å². The number of hydrogen-bond acceptors (Lipinski definition) is 1. The largest absolute Gasteiger partial charge is 0.478 e. The van der Waals surface area contributed by atoms with Crippen molar-refractivity contribution in [1.29, 1.82) is 0 Å². The molecule has 0 radical (unpaired) electrons. The van der Waals surface area contributed by atoms with Crippen LogP contribution in [0.1, 0.15) is 41.3 Å². The SMILES string of the molecule is Cc1ccc(-c2ccc(C(C)C)cc2C(=O)O)cc1. The van der Waals surface area contributed by atoms with E-state index >= 15 is 0 Å². The van der Waals surface area contributed by atoms with Crippen LogP contribution in [0, 0.1) is 6.92 Å². The lowest BCUT2D eigenvalue weighted by Crippen LogP contribution is -2.02. The Hall–Kier alpha value is -2.09. The highest BCUT2D eigenvalue weighted by molar-refractivity contribution is 5.96. The molecule has 0 heterocycles. The first-order chi connectivity index (χ1) is 8.99. The minimum Gasteiger partial charge on any atom is -0.478 e. The van der Waals surface area contributed by atoms with Crippen molar-refractivity contribution in [3.8, 4) is 11.1 Å². The molecule has 0 saturated heterocycles. The van der Waals surface area contributed by atoms with Crippen LogP contribution in [0.5, 0.6) is 0 Å². The van der Waals surface area contributed by atoms with Crippen LogP contribution in [0.15, 0.2) is 42.5 Å². The summed E-state index contributed by atoms with van der Waals surface area (Å²) in [6.45, 7) is 6.14. The molecule has 0 bridgehead atoms. The van der Waals surface area contributed by atoms with Gasteiger partial charge in [0.05, 0.1) is 5.56 Å². The van der Waals surface area contributed by atoms with Crippen molar-refractivity contribution in [2.75, 3.05) is 0 Å². The van der Waals surface area contributed by atoms with E-state index in [2.05, 4.69) is 13.8 Å². The second-order valence-corrected chi connectivity index (χ2v) is 5.13. The van der Waals surface area contributed by atoms with Gasteiger partial charge in [0.15, 0.2) is 0 Å². The number of carboxylic acids is 1. The Labute approximate surface area is 113 Å². The molecule has 2 aromatic rings. The van der Waals surface area contributed by atoms with Gasteiger partial charge in [-0.15, -0.1) is 0 Å². The Balaban J connectivity index is 2.56. The monoisotopic (exact) mass is 254 g/mol. The summed E-state index contributed by atoms with van der Waals surface area (Å²) in [6.07, 6.45) is 0. The van der Waals surface area contributed by atoms with Gasteiger partial charge in [0, 0.05) is 0 Å². The number of aromatic carboxylic acids is 1. The highest BCUT2D eigenvalue weighted by Gasteiger charge is 2.13. The van der Waals surface area contributed by atoms with Crippen molar-refractivity contribution >= 4 is 5.97 Å². The maximum absolute atomic E-state index is 11.4. The van der Waals surface area contributed by atoms with Gasteiger partial charge in [0.1, 0.15) is 0 Å². The van der Waals surface area contributed by atoms with E-state index in [4.69, 9.17) is 0 Å². The molecule has 0 unspecified atom stereocenters. The number of aryl methyl sites for hydroxylation is 1. The third-order valence-electron chi connectivity index (χ3n) is 3.30. The molecule has 2 rings (SSSR count). The third kappa shape index (κ3) is 2.84. The Morgan fingerprint density at radius 3 is 2.21 bits per heavy atom. The first-order valence-electron chi connectivity index (χ1n) is 6.43. The first-order valence-corrected chi connectivity index (χ1v) is 6.43. The van der Waals surface area contributed by atoms with Gasteiger partial charge < -0.3 is 5.11 Å². The fraction of sp³-hybridized carbons (Fsp3) is 0.235. The summed E-state index contributed by atoms with van der Waals surface area (Å²) >= 11 is 0. The van der Waals surface area contributed by atoms with Gasteiger partial charge in [0.25, 0.3) is 0 Å². The van der Waals surface area contributed by atoms with E-state index in [-0.39, 0.29) is 0 Å². The van der Waals surface area contributed by atoms with Crippen LogP contribution in [0.25, 0.3) is 11.1 Å². The fourth-order valence-electron chi connectivity index (χ4n) is 2.08. The fourth-order valence-corrected chi connectivity index (χ4v) is 2.08. The van der Waals surface area contributed by atoms with Crippen LogP contribution in [0.4, 0.5) is 0 Å². The zero-order valence-corrected chi connectivity index (χ0v) is 11.5. The van der Waals surface area contributed by atoms with Crippen molar-refractivity contribution < 1.29 is 9.90 Å². The van der Waals surface area contributed by atoms with E-state index in [0.717, 1.165) is 16.7 Å². The predicted molar refractivity (Wildman–Crippen MR) is 77.7 cm³/mol. The van der Waals surface area contributed by atoms with Crippen molar-refractivity contribution in [1.82, 2.24) is 0 Å². The van der Waals surface area contributed by atoms with E-state index < -0.39 is 5.97 Å². The summed E-state index contributed by atoms with van der Waals surface area (Å²) in [6, 6.07) is 13.6. The Kier molecular flexibility index (Phi) is 3.70. The standard InChI is InChI=1S/C17H18O2/c1-11(2)14-8-9-15(16(10-14)17(18)19)13-6-4-12(3)5-7-13/h4-11H,1-3H3,(H,18,19). The number of carboxylic acid groups (broad SMARTS) is 1. The van der Waals surface area contributed by atoms with Gasteiger partial charge in [-0.05, 0) is 35.6 Å². The van der Waals surface area contributed by atoms with E-state index in [1.807, 2.05) is 43.3 Å². The molecule has 0 aliphatic heterocycles. The smallest absolute Gasteiger partial charge is 0.336 e. The van der Waals surface area contributed by atoms with E-state index in [0.29, 0.717) is 11.5 Å². The number of carbonyl (C=O) groups is 1. The average molecular weight is 254 g/mol. The van der Waals surface area contributed by atoms with Gasteiger partial charge in [-0.2, -0.15) is 0 Å². The molecular weight excluding hydrogens is 236 g/mol. The summed E-state index contributed by atoms with van der Waals surface area (Å²) in [5, 5.41) is 9.39. The second kappa shape index (κ2) is 5.27. The molecule has 98 valence electrons. The summed E-state index contributed by atoms with van der Waals surface area (Å²) in [7, 11) is 0. The molecule has 0 amide bonds.